The first-order valence-electron chi connectivity index (χ1n) is 21.9. The van der Waals surface area contributed by atoms with Crippen molar-refractivity contribution in [3.8, 4) is 28.7 Å². The second kappa shape index (κ2) is 16.8. The number of likely N-dealkylation sites (tertiary alicyclic amines) is 1. The summed E-state index contributed by atoms with van der Waals surface area (Å²) >= 11 is 0. The third-order valence-corrected chi connectivity index (χ3v) is 26.9. The van der Waals surface area contributed by atoms with E-state index in [4.69, 9.17) is 27.5 Å². The average molecular weight is 856 g/mol. The SMILES string of the molecule is CC(C)(C)[Si](C)(C)O/C1=C/C2=C(c3ccc(O[Si](C)(C)C(C)(C)C)cc3OC1)C(c1ccc(OCCN3CCCCC3)cc1)Oc1cc(O[Si](C)(C)C(C)(C)C)ccc12. The van der Waals surface area contributed by atoms with Gasteiger partial charge in [0.25, 0.3) is 0 Å². The summed E-state index contributed by atoms with van der Waals surface area (Å²) in [6.45, 7) is 38.4. The fourth-order valence-corrected chi connectivity index (χ4v) is 10.1. The first-order valence-corrected chi connectivity index (χ1v) is 30.6. The van der Waals surface area contributed by atoms with Gasteiger partial charge in [-0.3, -0.25) is 4.90 Å². The zero-order valence-corrected chi connectivity index (χ0v) is 42.0. The third kappa shape index (κ3) is 10.2. The summed E-state index contributed by atoms with van der Waals surface area (Å²) in [6.07, 6.45) is 5.65. The number of fused-ring (bicyclic) bond motifs is 4. The lowest BCUT2D eigenvalue weighted by Gasteiger charge is -2.39. The zero-order chi connectivity index (χ0) is 43.2. The summed E-state index contributed by atoms with van der Waals surface area (Å²) in [4.78, 5) is 2.51. The van der Waals surface area contributed by atoms with E-state index in [9.17, 15) is 0 Å². The number of hydrogen-bond acceptors (Lipinski definition) is 7. The molecule has 0 aromatic heterocycles. The largest absolute Gasteiger partial charge is 0.544 e. The van der Waals surface area contributed by atoms with Crippen LogP contribution < -0.4 is 23.1 Å². The van der Waals surface area contributed by atoms with E-state index >= 15 is 0 Å². The summed E-state index contributed by atoms with van der Waals surface area (Å²) in [5.74, 6) is 4.87. The number of piperidine rings is 1. The fraction of sp³-hybridized carbons (Fsp3) is 0.551. The Kier molecular flexibility index (Phi) is 12.8. The molecule has 3 aliphatic rings. The summed E-state index contributed by atoms with van der Waals surface area (Å²) in [6, 6.07) is 21.2. The standard InChI is InChI=1S/C49H73NO6Si3/c1-47(2,3)57(10,11)54-37-24-26-41-43(32-37)52-34-39(56-59(14,15)49(7,8)9)31-42-40-25-23-38(55-58(12,13)48(4,5)6)33-44(40)53-46(45(41)42)35-19-21-36(22-20-35)51-30-29-50-27-17-16-18-28-50/h19-26,31-33,46H,16-18,27-30,34H2,1-15H3/b39-31+. The highest BCUT2D eigenvalue weighted by Gasteiger charge is 2.43. The molecule has 6 rings (SSSR count). The normalized spacial score (nSPS) is 19.1. The van der Waals surface area contributed by atoms with Crippen molar-refractivity contribution in [2.24, 2.45) is 0 Å². The second-order valence-electron chi connectivity index (χ2n) is 21.4. The number of rotatable bonds is 11. The number of benzene rings is 3. The van der Waals surface area contributed by atoms with Crippen LogP contribution in [0.25, 0.3) is 11.1 Å². The highest BCUT2D eigenvalue weighted by molar-refractivity contribution is 6.75. The molecule has 3 aromatic rings. The van der Waals surface area contributed by atoms with Gasteiger partial charge in [0.05, 0.1) is 0 Å². The van der Waals surface area contributed by atoms with Crippen molar-refractivity contribution in [3.05, 3.63) is 89.2 Å². The molecule has 3 aliphatic heterocycles. The lowest BCUT2D eigenvalue weighted by molar-refractivity contribution is 0.183. The van der Waals surface area contributed by atoms with Gasteiger partial charge in [-0.1, -0.05) is 80.9 Å². The molecule has 0 amide bonds. The molecule has 322 valence electrons. The van der Waals surface area contributed by atoms with Crippen molar-refractivity contribution >= 4 is 36.1 Å². The fourth-order valence-electron chi connectivity index (χ4n) is 6.94. The minimum Gasteiger partial charge on any atom is -0.544 e. The topological polar surface area (TPSA) is 58.6 Å². The van der Waals surface area contributed by atoms with Gasteiger partial charge >= 0.3 is 0 Å². The van der Waals surface area contributed by atoms with Gasteiger partial charge in [0.1, 0.15) is 47.7 Å². The van der Waals surface area contributed by atoms with Crippen molar-refractivity contribution in [3.63, 3.8) is 0 Å². The lowest BCUT2D eigenvalue weighted by atomic mass is 9.84. The maximum absolute atomic E-state index is 7.22. The maximum Gasteiger partial charge on any atom is 0.250 e. The van der Waals surface area contributed by atoms with Gasteiger partial charge in [-0.15, -0.1) is 0 Å². The molecule has 0 N–H and O–H groups in total. The predicted molar refractivity (Wildman–Crippen MR) is 253 cm³/mol. The molecule has 0 spiro atoms. The summed E-state index contributed by atoms with van der Waals surface area (Å²) in [5, 5.41) is 0.0945. The molecule has 0 aliphatic carbocycles. The van der Waals surface area contributed by atoms with Gasteiger partial charge in [0.15, 0.2) is 6.10 Å². The molecular formula is C49H73NO6Si3. The molecule has 3 heterocycles. The highest BCUT2D eigenvalue weighted by atomic mass is 28.4. The van der Waals surface area contributed by atoms with Crippen LogP contribution in [-0.2, 0) is 4.43 Å². The van der Waals surface area contributed by atoms with Crippen molar-refractivity contribution in [1.82, 2.24) is 4.90 Å². The molecule has 1 atom stereocenters. The minimum atomic E-state index is -2.25. The first-order chi connectivity index (χ1) is 27.4. The monoisotopic (exact) mass is 855 g/mol. The summed E-state index contributed by atoms with van der Waals surface area (Å²) in [5.41, 5.74) is 5.09. The van der Waals surface area contributed by atoms with Crippen molar-refractivity contribution in [2.45, 2.75) is 142 Å². The molecule has 10 heteroatoms. The molecule has 59 heavy (non-hydrogen) atoms. The van der Waals surface area contributed by atoms with E-state index in [1.807, 2.05) is 0 Å². The number of ether oxygens (including phenoxy) is 3. The lowest BCUT2D eigenvalue weighted by Crippen LogP contribution is -2.43. The maximum atomic E-state index is 7.22. The Labute approximate surface area is 359 Å². The van der Waals surface area contributed by atoms with Crippen molar-refractivity contribution < 1.29 is 27.5 Å². The van der Waals surface area contributed by atoms with Crippen LogP contribution in [0.4, 0.5) is 0 Å². The number of allylic oxidation sites excluding steroid dienone is 2. The quantitative estimate of drug-likeness (QED) is 0.178. The zero-order valence-electron chi connectivity index (χ0n) is 39.0. The van der Waals surface area contributed by atoms with Gasteiger partial charge in [-0.25, -0.2) is 0 Å². The molecule has 0 bridgehead atoms. The van der Waals surface area contributed by atoms with E-state index in [-0.39, 0.29) is 15.1 Å². The Morgan fingerprint density at radius 3 is 1.68 bits per heavy atom. The Balaban J connectivity index is 1.49. The van der Waals surface area contributed by atoms with E-state index < -0.39 is 31.1 Å². The van der Waals surface area contributed by atoms with Crippen LogP contribution in [0.1, 0.15) is 104 Å². The van der Waals surface area contributed by atoms with Crippen LogP contribution in [0.5, 0.6) is 28.7 Å². The molecule has 1 unspecified atom stereocenters. The van der Waals surface area contributed by atoms with Crippen molar-refractivity contribution in [2.75, 3.05) is 32.8 Å². The minimum absolute atomic E-state index is 0.000792. The van der Waals surface area contributed by atoms with Crippen molar-refractivity contribution in [1.29, 1.82) is 0 Å². The molecular weight excluding hydrogens is 783 g/mol. The Morgan fingerprint density at radius 1 is 0.610 bits per heavy atom. The van der Waals surface area contributed by atoms with Gasteiger partial charge < -0.3 is 27.5 Å². The molecule has 1 saturated heterocycles. The number of hydrogen-bond donors (Lipinski definition) is 0. The molecule has 1 fully saturated rings. The molecule has 3 aromatic carbocycles. The first kappa shape index (κ1) is 45.1. The van der Waals surface area contributed by atoms with Gasteiger partial charge in [-0.05, 0) is 134 Å². The van der Waals surface area contributed by atoms with E-state index in [1.165, 1.54) is 19.3 Å². The highest BCUT2D eigenvalue weighted by Crippen LogP contribution is 2.53. The smallest absolute Gasteiger partial charge is 0.250 e. The van der Waals surface area contributed by atoms with Gasteiger partial charge in [-0.2, -0.15) is 0 Å². The van der Waals surface area contributed by atoms with Gasteiger partial charge in [0.2, 0.25) is 25.0 Å². The van der Waals surface area contributed by atoms with Crippen LogP contribution in [0.15, 0.2) is 72.5 Å². The molecule has 0 saturated carbocycles. The van der Waals surface area contributed by atoms with Crippen LogP contribution in [0.2, 0.25) is 54.4 Å². The van der Waals surface area contributed by atoms with E-state index in [0.29, 0.717) is 13.2 Å². The summed E-state index contributed by atoms with van der Waals surface area (Å²) < 4.78 is 41.2. The average Bonchev–Trinajstić information content (AvgIpc) is 3.12. The van der Waals surface area contributed by atoms with E-state index in [1.54, 1.807) is 0 Å². The van der Waals surface area contributed by atoms with Crippen LogP contribution in [-0.4, -0.2) is 62.7 Å². The van der Waals surface area contributed by atoms with Gasteiger partial charge in [0, 0.05) is 35.4 Å². The Bertz CT molecular complexity index is 2030. The Hall–Kier alpha value is -3.45. The van der Waals surface area contributed by atoms with E-state index in [0.717, 1.165) is 82.0 Å². The predicted octanol–water partition coefficient (Wildman–Crippen LogP) is 13.7. The number of nitrogens with zero attached hydrogens (tertiary/aromatic N) is 1. The third-order valence-electron chi connectivity index (χ3n) is 13.8. The molecule has 7 nitrogen and oxygen atoms in total. The van der Waals surface area contributed by atoms with E-state index in [2.05, 4.69) is 173 Å². The van der Waals surface area contributed by atoms with Crippen LogP contribution >= 0.6 is 0 Å². The van der Waals surface area contributed by atoms with Crippen LogP contribution in [0, 0.1) is 0 Å². The molecule has 0 radical (unpaired) electrons. The second-order valence-corrected chi connectivity index (χ2v) is 35.6. The Morgan fingerprint density at radius 2 is 1.12 bits per heavy atom. The summed E-state index contributed by atoms with van der Waals surface area (Å²) in [7, 11) is -6.51. The van der Waals surface area contributed by atoms with Crippen LogP contribution in [0.3, 0.4) is 0 Å².